The second-order valence-electron chi connectivity index (χ2n) is 3.62. The minimum atomic E-state index is -0.0398. The summed E-state index contributed by atoms with van der Waals surface area (Å²) in [6.45, 7) is 1.79. The molecule has 0 aromatic carbocycles. The first kappa shape index (κ1) is 9.45. The van der Waals surface area contributed by atoms with E-state index in [1.54, 1.807) is 0 Å². The number of amides is 1. The van der Waals surface area contributed by atoms with Crippen LogP contribution in [0.1, 0.15) is 19.3 Å². The van der Waals surface area contributed by atoms with Crippen LogP contribution < -0.4 is 10.6 Å². The average Bonchev–Trinajstić information content (AvgIpc) is 2.43. The van der Waals surface area contributed by atoms with Crippen molar-refractivity contribution in [1.82, 2.24) is 10.6 Å². The highest BCUT2D eigenvalue weighted by Crippen LogP contribution is 2.07. The molecule has 2 aliphatic heterocycles. The van der Waals surface area contributed by atoms with Crippen LogP contribution in [-0.2, 0) is 9.53 Å². The molecule has 0 aromatic heterocycles. The minimum Gasteiger partial charge on any atom is -0.379 e. The Labute approximate surface area is 82.9 Å². The van der Waals surface area contributed by atoms with E-state index in [4.69, 9.17) is 4.74 Å². The summed E-state index contributed by atoms with van der Waals surface area (Å²) in [6, 6.07) is 0.287. The monoisotopic (exact) mass is 197 g/mol. The van der Waals surface area contributed by atoms with Crippen LogP contribution in [0.2, 0.25) is 0 Å². The highest BCUT2D eigenvalue weighted by atomic mass is 16.5. The number of ether oxygens (including phenoxy) is 1. The molecule has 2 rings (SSSR count). The van der Waals surface area contributed by atoms with Crippen molar-refractivity contribution >= 4 is 11.9 Å². The maximum atomic E-state index is 10.9. The van der Waals surface area contributed by atoms with Gasteiger partial charge in [-0.25, -0.2) is 4.99 Å². The standard InChI is InChI=1S/C9H15N3O2/c13-8-5-10-9(12-8)11-7-3-1-2-4-14-6-7/h7H,1-6H2,(H2,10,11,12,13). The summed E-state index contributed by atoms with van der Waals surface area (Å²) in [7, 11) is 0. The summed E-state index contributed by atoms with van der Waals surface area (Å²) in [5.41, 5.74) is 0. The molecule has 1 fully saturated rings. The molecule has 5 nitrogen and oxygen atoms in total. The molecule has 0 radical (unpaired) electrons. The Morgan fingerprint density at radius 1 is 1.50 bits per heavy atom. The zero-order chi connectivity index (χ0) is 9.80. The minimum absolute atomic E-state index is 0.0398. The van der Waals surface area contributed by atoms with Crippen molar-refractivity contribution in [2.75, 3.05) is 19.8 Å². The van der Waals surface area contributed by atoms with Gasteiger partial charge >= 0.3 is 0 Å². The van der Waals surface area contributed by atoms with Crippen molar-refractivity contribution in [2.24, 2.45) is 4.99 Å². The van der Waals surface area contributed by atoms with Gasteiger partial charge in [0.05, 0.1) is 12.6 Å². The first-order valence-corrected chi connectivity index (χ1v) is 5.03. The lowest BCUT2D eigenvalue weighted by Crippen LogP contribution is -2.44. The number of guanidine groups is 1. The molecule has 0 spiro atoms. The topological polar surface area (TPSA) is 62.7 Å². The van der Waals surface area contributed by atoms with Gasteiger partial charge in [-0.1, -0.05) is 0 Å². The SMILES string of the molecule is O=C1CN=C(NC2CCCCOC2)N1. The molecule has 0 bridgehead atoms. The molecule has 1 amide bonds. The van der Waals surface area contributed by atoms with Gasteiger partial charge in [0, 0.05) is 6.61 Å². The van der Waals surface area contributed by atoms with Gasteiger partial charge < -0.3 is 10.1 Å². The van der Waals surface area contributed by atoms with Gasteiger partial charge in [-0.15, -0.1) is 0 Å². The number of nitrogens with one attached hydrogen (secondary N) is 2. The normalized spacial score (nSPS) is 27.9. The molecule has 2 N–H and O–H groups in total. The van der Waals surface area contributed by atoms with E-state index < -0.39 is 0 Å². The lowest BCUT2D eigenvalue weighted by atomic mass is 10.1. The summed E-state index contributed by atoms with van der Waals surface area (Å²) < 4.78 is 5.41. The number of hydrogen-bond acceptors (Lipinski definition) is 4. The van der Waals surface area contributed by atoms with Crippen LogP contribution in [0.4, 0.5) is 0 Å². The molecule has 14 heavy (non-hydrogen) atoms. The lowest BCUT2D eigenvalue weighted by molar-refractivity contribution is -0.117. The molecule has 78 valence electrons. The highest BCUT2D eigenvalue weighted by molar-refractivity contribution is 6.02. The summed E-state index contributed by atoms with van der Waals surface area (Å²) in [6.07, 6.45) is 3.37. The fraction of sp³-hybridized carbons (Fsp3) is 0.778. The van der Waals surface area contributed by atoms with E-state index in [1.807, 2.05) is 0 Å². The molecule has 0 aromatic rings. The van der Waals surface area contributed by atoms with Crippen LogP contribution in [-0.4, -0.2) is 37.7 Å². The van der Waals surface area contributed by atoms with Gasteiger partial charge in [0.15, 0.2) is 5.96 Å². The fourth-order valence-electron chi connectivity index (χ4n) is 1.65. The Bertz CT molecular complexity index is 244. The van der Waals surface area contributed by atoms with E-state index in [-0.39, 0.29) is 18.5 Å². The molecule has 2 heterocycles. The maximum absolute atomic E-state index is 10.9. The Morgan fingerprint density at radius 2 is 2.43 bits per heavy atom. The third-order valence-electron chi connectivity index (χ3n) is 2.39. The van der Waals surface area contributed by atoms with Gasteiger partial charge in [0.1, 0.15) is 6.54 Å². The largest absolute Gasteiger partial charge is 0.379 e. The Hall–Kier alpha value is -1.10. The summed E-state index contributed by atoms with van der Waals surface area (Å²) >= 11 is 0. The molecule has 1 atom stereocenters. The average molecular weight is 197 g/mol. The predicted octanol–water partition coefficient (Wildman–Crippen LogP) is -0.369. The van der Waals surface area contributed by atoms with Crippen molar-refractivity contribution in [1.29, 1.82) is 0 Å². The number of nitrogens with zero attached hydrogens (tertiary/aromatic N) is 1. The molecule has 5 heteroatoms. The summed E-state index contributed by atoms with van der Waals surface area (Å²) in [4.78, 5) is 14.9. The number of carbonyl (C=O) groups is 1. The molecule has 2 aliphatic rings. The van der Waals surface area contributed by atoms with Gasteiger partial charge in [0.2, 0.25) is 5.91 Å². The van der Waals surface area contributed by atoms with Gasteiger partial charge in [-0.3, -0.25) is 10.1 Å². The lowest BCUT2D eigenvalue weighted by Gasteiger charge is -2.16. The quantitative estimate of drug-likeness (QED) is 0.603. The summed E-state index contributed by atoms with van der Waals surface area (Å²) in [5, 5.41) is 5.85. The third kappa shape index (κ3) is 2.45. The van der Waals surface area contributed by atoms with Crippen molar-refractivity contribution in [3.63, 3.8) is 0 Å². The smallest absolute Gasteiger partial charge is 0.248 e. The zero-order valence-electron chi connectivity index (χ0n) is 8.08. The number of aliphatic imine (C=N–C) groups is 1. The maximum Gasteiger partial charge on any atom is 0.248 e. The van der Waals surface area contributed by atoms with E-state index in [2.05, 4.69) is 15.6 Å². The van der Waals surface area contributed by atoms with Gasteiger partial charge in [0.25, 0.3) is 0 Å². The Balaban J connectivity index is 1.81. The van der Waals surface area contributed by atoms with E-state index >= 15 is 0 Å². The van der Waals surface area contributed by atoms with Crippen molar-refractivity contribution in [2.45, 2.75) is 25.3 Å². The van der Waals surface area contributed by atoms with Crippen LogP contribution in [0.25, 0.3) is 0 Å². The van der Waals surface area contributed by atoms with E-state index in [0.29, 0.717) is 12.6 Å². The van der Waals surface area contributed by atoms with Crippen molar-refractivity contribution < 1.29 is 9.53 Å². The number of hydrogen-bond donors (Lipinski definition) is 2. The van der Waals surface area contributed by atoms with Crippen LogP contribution in [0, 0.1) is 0 Å². The predicted molar refractivity (Wildman–Crippen MR) is 52.0 cm³/mol. The van der Waals surface area contributed by atoms with Crippen LogP contribution in [0.3, 0.4) is 0 Å². The highest BCUT2D eigenvalue weighted by Gasteiger charge is 2.18. The van der Waals surface area contributed by atoms with E-state index in [1.165, 1.54) is 6.42 Å². The third-order valence-corrected chi connectivity index (χ3v) is 2.39. The Morgan fingerprint density at radius 3 is 3.21 bits per heavy atom. The van der Waals surface area contributed by atoms with Crippen molar-refractivity contribution in [3.8, 4) is 0 Å². The first-order valence-electron chi connectivity index (χ1n) is 5.03. The first-order chi connectivity index (χ1) is 6.84. The summed E-state index contributed by atoms with van der Waals surface area (Å²) in [5.74, 6) is 0.563. The molecule has 0 saturated carbocycles. The van der Waals surface area contributed by atoms with Crippen molar-refractivity contribution in [3.05, 3.63) is 0 Å². The number of carbonyl (C=O) groups excluding carboxylic acids is 1. The molecular weight excluding hydrogens is 182 g/mol. The van der Waals surface area contributed by atoms with Gasteiger partial charge in [-0.2, -0.15) is 0 Å². The molecule has 1 unspecified atom stereocenters. The fourth-order valence-corrected chi connectivity index (χ4v) is 1.65. The van der Waals surface area contributed by atoms with Crippen LogP contribution >= 0.6 is 0 Å². The van der Waals surface area contributed by atoms with Crippen LogP contribution in [0.15, 0.2) is 4.99 Å². The Kier molecular flexibility index (Phi) is 2.98. The number of rotatable bonds is 1. The zero-order valence-corrected chi connectivity index (χ0v) is 8.08. The molecular formula is C9H15N3O2. The second kappa shape index (κ2) is 4.41. The van der Waals surface area contributed by atoms with Gasteiger partial charge in [-0.05, 0) is 19.3 Å². The second-order valence-corrected chi connectivity index (χ2v) is 3.62. The van der Waals surface area contributed by atoms with Crippen LogP contribution in [0.5, 0.6) is 0 Å². The van der Waals surface area contributed by atoms with E-state index in [0.717, 1.165) is 19.4 Å². The molecule has 1 saturated heterocycles. The molecule has 0 aliphatic carbocycles. The van der Waals surface area contributed by atoms with E-state index in [9.17, 15) is 4.79 Å².